The average Bonchev–Trinajstić information content (AvgIpc) is 2.92. The Labute approximate surface area is 157 Å². The Morgan fingerprint density at radius 1 is 1.18 bits per heavy atom. The van der Waals surface area contributed by atoms with Gasteiger partial charge in [0, 0.05) is 12.1 Å². The zero-order valence-electron chi connectivity index (χ0n) is 14.2. The Kier molecular flexibility index (Phi) is 7.27. The van der Waals surface area contributed by atoms with Crippen molar-refractivity contribution in [2.75, 3.05) is 13.0 Å². The lowest BCUT2D eigenvalue weighted by Gasteiger charge is -2.19. The highest BCUT2D eigenvalue weighted by Gasteiger charge is 2.40. The van der Waals surface area contributed by atoms with Crippen molar-refractivity contribution in [3.05, 3.63) is 29.8 Å². The molecule has 0 aliphatic rings. The zero-order chi connectivity index (χ0) is 21.2. The molecule has 0 spiro atoms. The van der Waals surface area contributed by atoms with Crippen LogP contribution < -0.4 is 0 Å². The average molecular weight is 463 g/mol. The molecule has 0 aromatic carbocycles. The lowest BCUT2D eigenvalue weighted by molar-refractivity contribution is 0.0549. The van der Waals surface area contributed by atoms with E-state index in [0.717, 1.165) is 0 Å². The molecule has 3 atom stereocenters. The molecule has 0 aliphatic carbocycles. The number of halogens is 1. The van der Waals surface area contributed by atoms with Crippen LogP contribution in [0.1, 0.15) is 11.4 Å². The van der Waals surface area contributed by atoms with Gasteiger partial charge in [0.25, 0.3) is 0 Å². The van der Waals surface area contributed by atoms with E-state index in [9.17, 15) is 23.0 Å². The molecule has 2 heterocycles. The van der Waals surface area contributed by atoms with E-state index in [1.807, 2.05) is 0 Å². The van der Waals surface area contributed by atoms with Gasteiger partial charge in [-0.05, 0) is 19.1 Å². The molecule has 17 heteroatoms. The maximum atomic E-state index is 13.3. The van der Waals surface area contributed by atoms with Crippen LogP contribution in [0.3, 0.4) is 0 Å². The Morgan fingerprint density at radius 2 is 1.86 bits per heavy atom. The summed E-state index contributed by atoms with van der Waals surface area (Å²) in [6.07, 6.45) is -1.24. The van der Waals surface area contributed by atoms with Crippen LogP contribution in [0.2, 0.25) is 0 Å². The molecular weight excluding hydrogens is 446 g/mol. The topological polar surface area (TPSA) is 190 Å². The highest BCUT2D eigenvalue weighted by molar-refractivity contribution is 7.68. The van der Waals surface area contributed by atoms with Gasteiger partial charge >= 0.3 is 23.2 Å². The van der Waals surface area contributed by atoms with Crippen LogP contribution in [-0.4, -0.2) is 53.3 Å². The van der Waals surface area contributed by atoms with Gasteiger partial charge in [-0.2, -0.15) is 9.41 Å². The van der Waals surface area contributed by atoms with Gasteiger partial charge in [0.05, 0.1) is 17.3 Å². The smallest absolute Gasteiger partial charge is 0.362 e. The first-order valence-corrected chi connectivity index (χ1v) is 12.2. The van der Waals surface area contributed by atoms with Gasteiger partial charge in [-0.1, -0.05) is 0 Å². The van der Waals surface area contributed by atoms with Crippen LogP contribution >= 0.6 is 23.2 Å². The second kappa shape index (κ2) is 8.76. The maximum absolute atomic E-state index is 13.3. The minimum Gasteiger partial charge on any atom is -0.362 e. The van der Waals surface area contributed by atoms with E-state index in [1.165, 1.54) is 10.8 Å². The molecule has 3 unspecified atom stereocenters. The number of alkyl halides is 1. The molecular formula is C11H17FN3O10P3. The van der Waals surface area contributed by atoms with E-state index in [2.05, 4.69) is 18.7 Å². The summed E-state index contributed by atoms with van der Waals surface area (Å²) in [6, 6.07) is 3.33. The van der Waals surface area contributed by atoms with Crippen LogP contribution in [0.4, 0.5) is 4.39 Å². The predicted molar refractivity (Wildman–Crippen MR) is 91.0 cm³/mol. The number of hydrogen-bond acceptors (Lipinski definition) is 8. The molecule has 0 saturated carbocycles. The quantitative estimate of drug-likeness (QED) is 0.370. The minimum absolute atomic E-state index is 0.0725. The van der Waals surface area contributed by atoms with Crippen molar-refractivity contribution < 1.29 is 51.0 Å². The Bertz CT molecular complexity index is 978. The molecule has 28 heavy (non-hydrogen) atoms. The van der Waals surface area contributed by atoms with Gasteiger partial charge < -0.3 is 24.3 Å². The first kappa shape index (κ1) is 23.2. The van der Waals surface area contributed by atoms with E-state index in [1.54, 1.807) is 19.1 Å². The first-order chi connectivity index (χ1) is 12.8. The molecule has 0 fully saturated rings. The molecule has 0 amide bonds. The number of ether oxygens (including phenoxy) is 1. The molecule has 4 N–H and O–H groups in total. The fourth-order valence-corrected chi connectivity index (χ4v) is 5.53. The first-order valence-electron chi connectivity index (χ1n) is 7.40. The Hall–Kier alpha value is -1.04. The predicted octanol–water partition coefficient (Wildman–Crippen LogP) is 1.30. The molecule has 0 aliphatic heterocycles. The summed E-state index contributed by atoms with van der Waals surface area (Å²) in [6.45, 7) is 0.670. The summed E-state index contributed by atoms with van der Waals surface area (Å²) in [5.41, 5.74) is 1.85. The van der Waals surface area contributed by atoms with Crippen molar-refractivity contribution in [1.29, 1.82) is 0 Å². The molecule has 2 aromatic heterocycles. The number of aryl methyl sites for hydroxylation is 1. The van der Waals surface area contributed by atoms with Crippen molar-refractivity contribution in [2.45, 2.75) is 19.4 Å². The molecule has 158 valence electrons. The van der Waals surface area contributed by atoms with E-state index in [4.69, 9.17) is 19.4 Å². The van der Waals surface area contributed by atoms with Crippen molar-refractivity contribution in [3.8, 4) is 0 Å². The second-order valence-corrected chi connectivity index (χ2v) is 10.3. The van der Waals surface area contributed by atoms with Crippen LogP contribution in [0, 0.1) is 6.92 Å². The van der Waals surface area contributed by atoms with Crippen molar-refractivity contribution in [2.24, 2.45) is 0 Å². The highest BCUT2D eigenvalue weighted by atomic mass is 31.3. The third kappa shape index (κ3) is 6.78. The summed E-state index contributed by atoms with van der Waals surface area (Å²) in [7, 11) is -16.1. The fraction of sp³-hybridized carbons (Fsp3) is 0.455. The van der Waals surface area contributed by atoms with E-state index in [0.29, 0.717) is 16.9 Å². The largest absolute Gasteiger partial charge is 0.488 e. The highest BCUT2D eigenvalue weighted by Crippen LogP contribution is 2.65. The Morgan fingerprint density at radius 3 is 2.46 bits per heavy atom. The van der Waals surface area contributed by atoms with Gasteiger partial charge in [-0.15, -0.1) is 0 Å². The number of hydrogen-bond donors (Lipinski definition) is 4. The maximum Gasteiger partial charge on any atom is 0.488 e. The van der Waals surface area contributed by atoms with Crippen LogP contribution in [-0.2, 0) is 33.5 Å². The number of rotatable bonds is 10. The number of phosphoric acid groups is 2. The monoisotopic (exact) mass is 463 g/mol. The van der Waals surface area contributed by atoms with Crippen molar-refractivity contribution in [3.63, 3.8) is 0 Å². The van der Waals surface area contributed by atoms with Crippen LogP contribution in [0.5, 0.6) is 0 Å². The number of aromatic nitrogens is 3. The minimum atomic E-state index is -5.57. The van der Waals surface area contributed by atoms with Gasteiger partial charge in [-0.3, -0.25) is 4.57 Å². The second-order valence-electron chi connectivity index (χ2n) is 5.50. The third-order valence-electron chi connectivity index (χ3n) is 3.25. The lowest BCUT2D eigenvalue weighted by Crippen LogP contribution is -2.21. The summed E-state index contributed by atoms with van der Waals surface area (Å²) >= 11 is 0. The zero-order valence-corrected chi connectivity index (χ0v) is 16.9. The number of fused-ring (bicyclic) bond motifs is 1. The van der Waals surface area contributed by atoms with E-state index < -0.39 is 42.4 Å². The van der Waals surface area contributed by atoms with Gasteiger partial charge in [0.1, 0.15) is 19.3 Å². The van der Waals surface area contributed by atoms with Gasteiger partial charge in [0.2, 0.25) is 0 Å². The number of nitrogens with zero attached hydrogens (tertiary/aromatic N) is 3. The normalized spacial score (nSPS) is 17.9. The van der Waals surface area contributed by atoms with Crippen LogP contribution in [0.15, 0.2) is 18.5 Å². The summed E-state index contributed by atoms with van der Waals surface area (Å²) in [5.74, 6) is 0. The molecule has 0 saturated heterocycles. The van der Waals surface area contributed by atoms with E-state index >= 15 is 0 Å². The molecule has 2 aromatic rings. The van der Waals surface area contributed by atoms with E-state index in [-0.39, 0.29) is 6.42 Å². The lowest BCUT2D eigenvalue weighted by atomic mass is 10.2. The molecule has 2 rings (SSSR count). The van der Waals surface area contributed by atoms with Crippen molar-refractivity contribution in [1.82, 2.24) is 14.6 Å². The molecule has 0 bridgehead atoms. The third-order valence-corrected chi connectivity index (χ3v) is 7.24. The standard InChI is InChI=1S/C11H17FN3O10P3/c1-8-11-3-2-9(15(11)14-6-13-8)4-10(5-12)23-7-26(16,17)24-28(21,22)25-27(18,19)20/h2-3,6,10H,4-5,7H2,1H3,(H,16,17)(H,21,22)(H2,18,19,20). The summed E-state index contributed by atoms with van der Waals surface area (Å²) < 4.78 is 60.6. The van der Waals surface area contributed by atoms with Crippen LogP contribution in [0.25, 0.3) is 5.52 Å². The SMILES string of the molecule is Cc1ncnn2c(CC(CF)OCP(=O)(O)OP(=O)(O)OP(=O)(O)O)ccc12. The fourth-order valence-electron chi connectivity index (χ4n) is 2.19. The summed E-state index contributed by atoms with van der Waals surface area (Å²) in [5, 5.41) is 4.02. The van der Waals surface area contributed by atoms with Crippen molar-refractivity contribution >= 4 is 28.8 Å². The molecule has 13 nitrogen and oxygen atoms in total. The van der Waals surface area contributed by atoms with Gasteiger partial charge in [0.15, 0.2) is 0 Å². The Balaban J connectivity index is 2.02. The molecule has 0 radical (unpaired) electrons. The van der Waals surface area contributed by atoms with Gasteiger partial charge in [-0.25, -0.2) is 27.3 Å². The summed E-state index contributed by atoms with van der Waals surface area (Å²) in [4.78, 5) is 39.6.